The molecule has 36 heavy (non-hydrogen) atoms. The number of aliphatic carboxylic acids is 1. The molecule has 0 aromatic heterocycles. The second-order valence-electron chi connectivity index (χ2n) is 8.05. The number of likely N-dealkylation sites (tertiary alicyclic amines) is 1. The van der Waals surface area contributed by atoms with Gasteiger partial charge in [0.15, 0.2) is 0 Å². The Morgan fingerprint density at radius 1 is 1.14 bits per heavy atom. The molecule has 192 valence electrons. The predicted molar refractivity (Wildman–Crippen MR) is 139 cm³/mol. The Balaban J connectivity index is 1.59. The number of nitrogens with one attached hydrogen (secondary N) is 1. The maximum atomic E-state index is 12.7. The van der Waals surface area contributed by atoms with Crippen LogP contribution < -0.4 is 10.1 Å². The van der Waals surface area contributed by atoms with Gasteiger partial charge in [0.05, 0.1) is 28.7 Å². The van der Waals surface area contributed by atoms with Crippen molar-refractivity contribution in [1.82, 2.24) is 10.2 Å². The average molecular weight is 553 g/mol. The van der Waals surface area contributed by atoms with Crippen molar-refractivity contribution in [2.45, 2.75) is 28.7 Å². The van der Waals surface area contributed by atoms with Crippen molar-refractivity contribution < 1.29 is 29.3 Å². The first-order valence-electron chi connectivity index (χ1n) is 11.1. The summed E-state index contributed by atoms with van der Waals surface area (Å²) >= 11 is 14.4. The molecule has 0 spiro atoms. The number of para-hydroxylation sites is 1. The number of carboxylic acids is 1. The number of benzene rings is 2. The summed E-state index contributed by atoms with van der Waals surface area (Å²) in [6, 6.07) is 9.84. The Bertz CT molecular complexity index is 1150. The molecule has 11 heteroatoms. The highest BCUT2D eigenvalue weighted by molar-refractivity contribution is 7.99. The average Bonchev–Trinajstić information content (AvgIpc) is 2.89. The number of methoxy groups -OCH3 is 1. The molecule has 0 unspecified atom stereocenters. The van der Waals surface area contributed by atoms with Crippen molar-refractivity contribution in [3.05, 3.63) is 58.1 Å². The Hall–Kier alpha value is -2.72. The molecule has 2 amide bonds. The molecule has 1 fully saturated rings. The second kappa shape index (κ2) is 13.0. The monoisotopic (exact) mass is 552 g/mol. The number of aliphatic hydroxyl groups is 1. The van der Waals surface area contributed by atoms with Gasteiger partial charge in [-0.25, -0.2) is 4.79 Å². The molecular formula is C25H26Cl2N2O6S. The molecule has 3 rings (SSSR count). The van der Waals surface area contributed by atoms with E-state index in [1.807, 2.05) is 30.3 Å². The van der Waals surface area contributed by atoms with Gasteiger partial charge in [-0.3, -0.25) is 9.59 Å². The lowest BCUT2D eigenvalue weighted by atomic mass is 9.95. The zero-order valence-electron chi connectivity index (χ0n) is 19.4. The largest absolute Gasteiger partial charge is 0.496 e. The first-order valence-corrected chi connectivity index (χ1v) is 12.7. The number of aliphatic hydroxyl groups excluding tert-OH is 1. The number of amides is 2. The molecule has 1 atom stereocenters. The van der Waals surface area contributed by atoms with Crippen LogP contribution in [0.3, 0.4) is 0 Å². The van der Waals surface area contributed by atoms with Gasteiger partial charge in [-0.15, -0.1) is 0 Å². The van der Waals surface area contributed by atoms with Crippen molar-refractivity contribution in [3.63, 3.8) is 0 Å². The number of halogens is 2. The summed E-state index contributed by atoms with van der Waals surface area (Å²) in [6.07, 6.45) is 3.80. The van der Waals surface area contributed by atoms with Crippen LogP contribution in [0.1, 0.15) is 18.4 Å². The molecule has 2 aromatic carbocycles. The van der Waals surface area contributed by atoms with Gasteiger partial charge in [0.2, 0.25) is 11.8 Å². The van der Waals surface area contributed by atoms with E-state index in [0.717, 1.165) is 15.5 Å². The van der Waals surface area contributed by atoms with Crippen molar-refractivity contribution in [1.29, 1.82) is 0 Å². The molecule has 3 N–H and O–H groups in total. The second-order valence-corrected chi connectivity index (χ2v) is 9.89. The van der Waals surface area contributed by atoms with E-state index < -0.39 is 30.4 Å². The Kier molecular flexibility index (Phi) is 10.1. The van der Waals surface area contributed by atoms with E-state index in [2.05, 4.69) is 5.32 Å². The Labute approximate surface area is 223 Å². The molecule has 1 saturated heterocycles. The minimum absolute atomic E-state index is 0.229. The lowest BCUT2D eigenvalue weighted by molar-refractivity contribution is -0.144. The number of piperidine rings is 1. The number of hydrogen-bond donors (Lipinski definition) is 3. The van der Waals surface area contributed by atoms with Crippen LogP contribution in [0.2, 0.25) is 10.0 Å². The molecule has 1 heterocycles. The summed E-state index contributed by atoms with van der Waals surface area (Å²) in [6.45, 7) is 0.0120. The summed E-state index contributed by atoms with van der Waals surface area (Å²) < 4.78 is 5.38. The fourth-order valence-corrected chi connectivity index (χ4v) is 5.21. The van der Waals surface area contributed by atoms with Crippen molar-refractivity contribution in [3.8, 4) is 5.75 Å². The third kappa shape index (κ3) is 6.94. The van der Waals surface area contributed by atoms with Gasteiger partial charge >= 0.3 is 5.97 Å². The highest BCUT2D eigenvalue weighted by atomic mass is 35.5. The standard InChI is InChI=1S/C25H26Cl2N2O6S/c1-35-18-4-2-3-5-19(18)36-20-8-6-15(22(26)23(20)27)7-9-21(31)29-12-10-16(11-13-29)24(32)28-17(14-30)25(33)34/h2-9,16-17,30H,10-14H2,1H3,(H,28,32)(H,33,34)/t17-/m0/s1. The predicted octanol–water partition coefficient (Wildman–Crippen LogP) is 3.97. The minimum atomic E-state index is -1.34. The summed E-state index contributed by atoms with van der Waals surface area (Å²) in [5.41, 5.74) is 0.595. The summed E-state index contributed by atoms with van der Waals surface area (Å²) in [5.74, 6) is -1.67. The molecule has 8 nitrogen and oxygen atoms in total. The fourth-order valence-electron chi connectivity index (χ4n) is 3.68. The quantitative estimate of drug-likeness (QED) is 0.403. The van der Waals surface area contributed by atoms with E-state index in [0.29, 0.717) is 41.5 Å². The molecule has 1 aliphatic rings. The lowest BCUT2D eigenvalue weighted by Crippen LogP contribution is -2.48. The third-order valence-electron chi connectivity index (χ3n) is 5.75. The first-order chi connectivity index (χ1) is 17.2. The van der Waals surface area contributed by atoms with Gasteiger partial charge in [0, 0.05) is 30.0 Å². The number of nitrogens with zero attached hydrogens (tertiary/aromatic N) is 1. The van der Waals surface area contributed by atoms with Crippen LogP contribution in [0, 0.1) is 5.92 Å². The number of carboxylic acid groups (broad SMARTS) is 1. The van der Waals surface area contributed by atoms with Crippen LogP contribution in [-0.2, 0) is 14.4 Å². The maximum absolute atomic E-state index is 12.7. The van der Waals surface area contributed by atoms with Gasteiger partial charge in [0.1, 0.15) is 11.8 Å². The van der Waals surface area contributed by atoms with E-state index in [-0.39, 0.29) is 5.91 Å². The molecule has 0 saturated carbocycles. The van der Waals surface area contributed by atoms with E-state index in [1.165, 1.54) is 17.8 Å². The molecule has 0 aliphatic carbocycles. The lowest BCUT2D eigenvalue weighted by Gasteiger charge is -2.31. The van der Waals surface area contributed by atoms with Crippen LogP contribution in [0.15, 0.2) is 52.3 Å². The molecule has 0 bridgehead atoms. The first kappa shape index (κ1) is 27.9. The number of rotatable bonds is 9. The van der Waals surface area contributed by atoms with Crippen molar-refractivity contribution >= 4 is 58.8 Å². The highest BCUT2D eigenvalue weighted by Crippen LogP contribution is 2.42. The summed E-state index contributed by atoms with van der Waals surface area (Å²) in [5, 5.41) is 21.1. The molecule has 2 aromatic rings. The van der Waals surface area contributed by atoms with E-state index in [9.17, 15) is 14.4 Å². The van der Waals surface area contributed by atoms with Crippen LogP contribution in [0.5, 0.6) is 5.75 Å². The van der Waals surface area contributed by atoms with Gasteiger partial charge in [-0.05, 0) is 42.7 Å². The fraction of sp³-hybridized carbons (Fsp3) is 0.320. The van der Waals surface area contributed by atoms with Gasteiger partial charge < -0.3 is 25.2 Å². The number of ether oxygens (including phenoxy) is 1. The number of hydrogen-bond acceptors (Lipinski definition) is 6. The zero-order valence-corrected chi connectivity index (χ0v) is 21.8. The third-order valence-corrected chi connectivity index (χ3v) is 7.87. The van der Waals surface area contributed by atoms with Gasteiger partial charge in [-0.2, -0.15) is 0 Å². The van der Waals surface area contributed by atoms with Crippen molar-refractivity contribution in [2.75, 3.05) is 26.8 Å². The zero-order chi connectivity index (χ0) is 26.2. The summed E-state index contributed by atoms with van der Waals surface area (Å²) in [4.78, 5) is 39.2. The highest BCUT2D eigenvalue weighted by Gasteiger charge is 2.29. The van der Waals surface area contributed by atoms with E-state index in [4.69, 9.17) is 38.2 Å². The van der Waals surface area contributed by atoms with E-state index in [1.54, 1.807) is 24.2 Å². The Morgan fingerprint density at radius 2 is 1.83 bits per heavy atom. The Morgan fingerprint density at radius 3 is 2.47 bits per heavy atom. The normalized spacial score (nSPS) is 15.1. The topological polar surface area (TPSA) is 116 Å². The van der Waals surface area contributed by atoms with Crippen LogP contribution in [0.4, 0.5) is 0 Å². The smallest absolute Gasteiger partial charge is 0.328 e. The molecular weight excluding hydrogens is 527 g/mol. The molecule has 1 aliphatic heterocycles. The SMILES string of the molecule is COc1ccccc1Sc1ccc(C=CC(=O)N2CCC(C(=O)N[C@@H](CO)C(=O)O)CC2)c(Cl)c1Cl. The van der Waals surface area contributed by atoms with E-state index >= 15 is 0 Å². The van der Waals surface area contributed by atoms with Crippen LogP contribution >= 0.6 is 35.0 Å². The van der Waals surface area contributed by atoms with Crippen LogP contribution in [-0.4, -0.2) is 65.7 Å². The maximum Gasteiger partial charge on any atom is 0.328 e. The van der Waals surface area contributed by atoms with Crippen molar-refractivity contribution in [2.24, 2.45) is 5.92 Å². The number of carbonyl (C=O) groups is 3. The van der Waals surface area contributed by atoms with Gasteiger partial charge in [-0.1, -0.05) is 53.2 Å². The number of carbonyl (C=O) groups excluding carboxylic acids is 2. The molecule has 0 radical (unpaired) electrons. The van der Waals surface area contributed by atoms with Crippen LogP contribution in [0.25, 0.3) is 6.08 Å². The summed E-state index contributed by atoms with van der Waals surface area (Å²) in [7, 11) is 1.60. The minimum Gasteiger partial charge on any atom is -0.496 e. The van der Waals surface area contributed by atoms with Gasteiger partial charge in [0.25, 0.3) is 0 Å².